The number of aryl methyl sites for hydroxylation is 1. The predicted molar refractivity (Wildman–Crippen MR) is 170 cm³/mol. The van der Waals surface area contributed by atoms with Crippen molar-refractivity contribution < 1.29 is 33.5 Å². The van der Waals surface area contributed by atoms with Crippen LogP contribution in [0.3, 0.4) is 0 Å². The Morgan fingerprint density at radius 3 is 2.53 bits per heavy atom. The molecule has 4 aromatic rings. The van der Waals surface area contributed by atoms with Crippen LogP contribution in [0.15, 0.2) is 41.3 Å². The van der Waals surface area contributed by atoms with Gasteiger partial charge in [-0.15, -0.1) is 0 Å². The molecule has 1 aliphatic heterocycles. The Kier molecular flexibility index (Phi) is 9.02. The number of nitro groups is 1. The zero-order chi connectivity index (χ0) is 34.3. The van der Waals surface area contributed by atoms with E-state index in [4.69, 9.17) is 26.1 Å². The molecule has 5 rings (SSSR count). The number of fused-ring (bicyclic) bond motifs is 1. The van der Waals surface area contributed by atoms with E-state index >= 15 is 4.39 Å². The third-order valence-corrected chi connectivity index (χ3v) is 8.29. The molecule has 47 heavy (non-hydrogen) atoms. The molecule has 246 valence electrons. The fourth-order valence-corrected chi connectivity index (χ4v) is 6.09. The van der Waals surface area contributed by atoms with E-state index in [2.05, 4.69) is 4.98 Å². The summed E-state index contributed by atoms with van der Waals surface area (Å²) in [6.45, 7) is 4.59. The summed E-state index contributed by atoms with van der Waals surface area (Å²) < 4.78 is 26.8. The monoisotopic (exact) mass is 668 g/mol. The number of carbonyl (C=O) groups excluding carboxylic acids is 1. The molecule has 0 aliphatic carbocycles. The van der Waals surface area contributed by atoms with Crippen molar-refractivity contribution in [2.75, 3.05) is 38.8 Å². The standard InChI is InChI=1S/C31H30ClFN6O8/c1-15(2)23-25(16(3)9-10-34-23)38-28-17(13-18(32)24(35-28)22-19(33)7-6-8-21(22)46-4)26(27(29(38)40)39(44)45)37-12-11-36(31(42)43)14-20(37)30(41)47-5/h6-10,13,15,20H,11-12,14H2,1-5H3,(H,42,43)/t20-/m1/s1. The molecule has 0 radical (unpaired) electrons. The molecule has 1 N–H and O–H groups in total. The van der Waals surface area contributed by atoms with E-state index in [0.717, 1.165) is 16.6 Å². The van der Waals surface area contributed by atoms with Gasteiger partial charge in [0.1, 0.15) is 23.3 Å². The van der Waals surface area contributed by atoms with Gasteiger partial charge in [0.2, 0.25) is 0 Å². The van der Waals surface area contributed by atoms with E-state index < -0.39 is 46.6 Å². The van der Waals surface area contributed by atoms with E-state index in [0.29, 0.717) is 11.3 Å². The van der Waals surface area contributed by atoms with Crippen molar-refractivity contribution in [2.24, 2.45) is 0 Å². The summed E-state index contributed by atoms with van der Waals surface area (Å²) in [4.78, 5) is 62.8. The number of halogens is 2. The second-order valence-electron chi connectivity index (χ2n) is 11.1. The summed E-state index contributed by atoms with van der Waals surface area (Å²) >= 11 is 6.77. The van der Waals surface area contributed by atoms with Crippen LogP contribution in [-0.4, -0.2) is 81.4 Å². The number of methoxy groups -OCH3 is 2. The minimum atomic E-state index is -1.38. The summed E-state index contributed by atoms with van der Waals surface area (Å²) in [6.07, 6.45) is 0.238. The van der Waals surface area contributed by atoms with Gasteiger partial charge in [0.25, 0.3) is 0 Å². The van der Waals surface area contributed by atoms with Gasteiger partial charge >= 0.3 is 23.3 Å². The van der Waals surface area contributed by atoms with E-state index in [1.807, 2.05) is 13.8 Å². The first-order chi connectivity index (χ1) is 22.3. The normalized spacial score (nSPS) is 14.9. The number of rotatable bonds is 7. The molecule has 1 atom stereocenters. The van der Waals surface area contributed by atoms with Crippen molar-refractivity contribution >= 4 is 46.1 Å². The third kappa shape index (κ3) is 5.67. The second kappa shape index (κ2) is 12.8. The number of nitrogens with zero attached hydrogens (tertiary/aromatic N) is 6. The summed E-state index contributed by atoms with van der Waals surface area (Å²) in [5, 5.41) is 22.3. The average molecular weight is 669 g/mol. The Balaban J connectivity index is 2.00. The Hall–Kier alpha value is -5.31. The molecule has 1 amide bonds. The van der Waals surface area contributed by atoms with Crippen LogP contribution in [0.2, 0.25) is 5.02 Å². The maximum Gasteiger partial charge on any atom is 0.407 e. The number of hydrogen-bond acceptors (Lipinski definition) is 10. The molecule has 3 aromatic heterocycles. The van der Waals surface area contributed by atoms with Gasteiger partial charge in [-0.1, -0.05) is 31.5 Å². The van der Waals surface area contributed by atoms with Gasteiger partial charge < -0.3 is 24.4 Å². The summed E-state index contributed by atoms with van der Waals surface area (Å²) in [5.74, 6) is -1.78. The Labute approximate surface area is 272 Å². The Bertz CT molecular complexity index is 2000. The quantitative estimate of drug-likeness (QED) is 0.161. The van der Waals surface area contributed by atoms with Crippen LogP contribution in [0.1, 0.15) is 31.0 Å². The number of amides is 1. The van der Waals surface area contributed by atoms with E-state index in [1.54, 1.807) is 19.2 Å². The number of anilines is 1. The second-order valence-corrected chi connectivity index (χ2v) is 11.5. The first-order valence-electron chi connectivity index (χ1n) is 14.4. The highest BCUT2D eigenvalue weighted by molar-refractivity contribution is 6.34. The summed E-state index contributed by atoms with van der Waals surface area (Å²) in [7, 11) is 2.43. The van der Waals surface area contributed by atoms with Crippen molar-refractivity contribution in [2.45, 2.75) is 32.7 Å². The maximum atomic E-state index is 15.4. The number of hydrogen-bond donors (Lipinski definition) is 1. The molecule has 1 fully saturated rings. The van der Waals surface area contributed by atoms with Gasteiger partial charge in [-0.3, -0.25) is 24.5 Å². The van der Waals surface area contributed by atoms with Gasteiger partial charge in [-0.2, -0.15) is 0 Å². The number of carboxylic acid groups (broad SMARTS) is 1. The fourth-order valence-electron chi connectivity index (χ4n) is 5.84. The van der Waals surface area contributed by atoms with Crippen molar-refractivity contribution in [3.63, 3.8) is 0 Å². The van der Waals surface area contributed by atoms with Crippen molar-refractivity contribution in [1.82, 2.24) is 19.4 Å². The topological polar surface area (TPSA) is 170 Å². The number of benzene rings is 1. The largest absolute Gasteiger partial charge is 0.496 e. The van der Waals surface area contributed by atoms with E-state index in [9.17, 15) is 29.6 Å². The molecule has 4 heterocycles. The van der Waals surface area contributed by atoms with Gasteiger partial charge in [0, 0.05) is 19.3 Å². The molecule has 0 bridgehead atoms. The van der Waals surface area contributed by atoms with E-state index in [-0.39, 0.29) is 63.4 Å². The van der Waals surface area contributed by atoms with Gasteiger partial charge in [-0.25, -0.2) is 19.0 Å². The fraction of sp³-hybridized carbons (Fsp3) is 0.323. The minimum Gasteiger partial charge on any atom is -0.496 e. The van der Waals surface area contributed by atoms with Crippen LogP contribution in [0.5, 0.6) is 5.75 Å². The van der Waals surface area contributed by atoms with Crippen LogP contribution in [0.4, 0.5) is 20.6 Å². The predicted octanol–water partition coefficient (Wildman–Crippen LogP) is 4.93. The number of ether oxygens (including phenoxy) is 2. The number of esters is 1. The average Bonchev–Trinajstić information content (AvgIpc) is 3.03. The van der Waals surface area contributed by atoms with Gasteiger partial charge in [-0.05, 0) is 42.7 Å². The zero-order valence-corrected chi connectivity index (χ0v) is 26.7. The van der Waals surface area contributed by atoms with Crippen LogP contribution < -0.4 is 15.2 Å². The molecule has 0 unspecified atom stereocenters. The van der Waals surface area contributed by atoms with Crippen molar-refractivity contribution in [3.8, 4) is 22.7 Å². The molecule has 0 saturated carbocycles. The molecule has 1 aliphatic rings. The smallest absolute Gasteiger partial charge is 0.407 e. The van der Waals surface area contributed by atoms with Crippen LogP contribution in [0, 0.1) is 22.9 Å². The first-order valence-corrected chi connectivity index (χ1v) is 14.7. The minimum absolute atomic E-state index is 0.0315. The summed E-state index contributed by atoms with van der Waals surface area (Å²) in [5.41, 5.74) is -1.52. The van der Waals surface area contributed by atoms with Crippen molar-refractivity contribution in [1.29, 1.82) is 0 Å². The lowest BCUT2D eigenvalue weighted by Gasteiger charge is -2.40. The third-order valence-electron chi connectivity index (χ3n) is 8.00. The first kappa shape index (κ1) is 33.1. The van der Waals surface area contributed by atoms with Crippen LogP contribution in [0.25, 0.3) is 28.0 Å². The molecule has 1 aromatic carbocycles. The molecule has 16 heteroatoms. The molecule has 14 nitrogen and oxygen atoms in total. The van der Waals surface area contributed by atoms with Crippen molar-refractivity contribution in [3.05, 3.63) is 79.1 Å². The highest BCUT2D eigenvalue weighted by Crippen LogP contribution is 2.42. The zero-order valence-electron chi connectivity index (χ0n) is 26.0. The SMILES string of the molecule is COC(=O)[C@H]1CN(C(=O)O)CCN1c1c([N+](=O)[O-])c(=O)n(-c2c(C)ccnc2C(C)C)c2nc(-c3c(F)cccc3OC)c(Cl)cc12. The number of aromatic nitrogens is 3. The van der Waals surface area contributed by atoms with E-state index in [1.165, 1.54) is 36.3 Å². The Morgan fingerprint density at radius 1 is 1.19 bits per heavy atom. The molecule has 0 spiro atoms. The number of carbonyl (C=O) groups is 2. The molecular formula is C31H30ClFN6O8. The highest BCUT2D eigenvalue weighted by Gasteiger charge is 2.41. The highest BCUT2D eigenvalue weighted by atomic mass is 35.5. The van der Waals surface area contributed by atoms with Gasteiger partial charge in [0.05, 0.1) is 58.7 Å². The summed E-state index contributed by atoms with van der Waals surface area (Å²) in [6, 6.07) is 5.68. The lowest BCUT2D eigenvalue weighted by Crippen LogP contribution is -2.58. The lowest BCUT2D eigenvalue weighted by molar-refractivity contribution is -0.385. The van der Waals surface area contributed by atoms with Gasteiger partial charge in [0.15, 0.2) is 5.65 Å². The maximum absolute atomic E-state index is 15.4. The number of piperazine rings is 1. The molecule has 1 saturated heterocycles. The van der Waals surface area contributed by atoms with Crippen LogP contribution >= 0.6 is 11.6 Å². The van der Waals surface area contributed by atoms with Crippen LogP contribution in [-0.2, 0) is 9.53 Å². The molecular weight excluding hydrogens is 639 g/mol. The lowest BCUT2D eigenvalue weighted by atomic mass is 10.0. The number of pyridine rings is 3. The Morgan fingerprint density at radius 2 is 1.91 bits per heavy atom.